The highest BCUT2D eigenvalue weighted by atomic mass is 28.3. The molecule has 0 bridgehead atoms. The Morgan fingerprint density at radius 2 is 2.00 bits per heavy atom. The van der Waals surface area contributed by atoms with Gasteiger partial charge in [0, 0.05) is 17.5 Å². The summed E-state index contributed by atoms with van der Waals surface area (Å²) in [7, 11) is -1.59. The molecule has 0 saturated carbocycles. The minimum atomic E-state index is -1.59. The van der Waals surface area contributed by atoms with E-state index >= 15 is 0 Å². The first-order valence-electron chi connectivity index (χ1n) is 7.55. The van der Waals surface area contributed by atoms with Gasteiger partial charge in [0.05, 0.1) is 13.6 Å². The van der Waals surface area contributed by atoms with Crippen molar-refractivity contribution in [2.24, 2.45) is 4.99 Å². The number of benzene rings is 1. The monoisotopic (exact) mass is 303 g/mol. The molecule has 0 aliphatic carbocycles. The lowest BCUT2D eigenvalue weighted by Gasteiger charge is -2.22. The number of rotatable bonds is 4. The van der Waals surface area contributed by atoms with Crippen molar-refractivity contribution in [1.82, 2.24) is 0 Å². The smallest absolute Gasteiger partial charge is 0.217 e. The summed E-state index contributed by atoms with van der Waals surface area (Å²) in [4.78, 5) is 17.0. The molecule has 0 amide bonds. The Morgan fingerprint density at radius 1 is 1.33 bits per heavy atom. The van der Waals surface area contributed by atoms with Crippen molar-refractivity contribution in [3.05, 3.63) is 29.3 Å². The molecule has 0 aromatic heterocycles. The van der Waals surface area contributed by atoms with Crippen molar-refractivity contribution in [2.75, 3.05) is 6.61 Å². The molecule has 2 rings (SSSR count). The summed E-state index contributed by atoms with van der Waals surface area (Å²) in [6.07, 6.45) is 0.499. The summed E-state index contributed by atoms with van der Waals surface area (Å²) in [6.45, 7) is 13.4. The number of Topliss-reactive ketones (excluding diaryl/α,β-unsaturated/α-hetero) is 1. The minimum Gasteiger partial charge on any atom is -0.475 e. The third-order valence-electron chi connectivity index (χ3n) is 3.67. The predicted molar refractivity (Wildman–Crippen MR) is 90.6 cm³/mol. The summed E-state index contributed by atoms with van der Waals surface area (Å²) in [5, 5.41) is 1.25. The lowest BCUT2D eigenvalue weighted by molar-refractivity contribution is 0.0987. The van der Waals surface area contributed by atoms with E-state index in [1.165, 1.54) is 5.19 Å². The second kappa shape index (κ2) is 5.41. The van der Waals surface area contributed by atoms with E-state index in [0.29, 0.717) is 18.9 Å². The molecule has 0 radical (unpaired) electrons. The van der Waals surface area contributed by atoms with Gasteiger partial charge in [-0.2, -0.15) is 0 Å². The number of ketones is 1. The average molecular weight is 303 g/mol. The molecule has 0 N–H and O–H groups in total. The van der Waals surface area contributed by atoms with Gasteiger partial charge in [-0.05, 0) is 19.0 Å². The molecule has 1 aliphatic rings. The van der Waals surface area contributed by atoms with Crippen LogP contribution in [0.1, 0.15) is 43.1 Å². The van der Waals surface area contributed by atoms with Crippen LogP contribution in [-0.2, 0) is 4.74 Å². The van der Waals surface area contributed by atoms with Crippen LogP contribution >= 0.6 is 0 Å². The summed E-state index contributed by atoms with van der Waals surface area (Å²) < 4.78 is 5.85. The zero-order valence-corrected chi connectivity index (χ0v) is 14.9. The summed E-state index contributed by atoms with van der Waals surface area (Å²) in [6, 6.07) is 6.02. The SMILES string of the molecule is CCC(=O)c1cccc([Si](C)(C)C)c1C1=NC(C)(C)CO1. The number of nitrogens with zero attached hydrogens (tertiary/aromatic N) is 1. The third kappa shape index (κ3) is 3.26. The Labute approximate surface area is 128 Å². The molecule has 0 spiro atoms. The largest absolute Gasteiger partial charge is 0.475 e. The van der Waals surface area contributed by atoms with Gasteiger partial charge in [-0.25, -0.2) is 4.99 Å². The second-order valence-electron chi connectivity index (χ2n) is 7.27. The van der Waals surface area contributed by atoms with E-state index in [2.05, 4.69) is 39.6 Å². The summed E-state index contributed by atoms with van der Waals surface area (Å²) in [5.74, 6) is 0.802. The predicted octanol–water partition coefficient (Wildman–Crippen LogP) is 3.38. The highest BCUT2D eigenvalue weighted by molar-refractivity contribution is 6.89. The van der Waals surface area contributed by atoms with Gasteiger partial charge in [0.2, 0.25) is 5.90 Å². The van der Waals surface area contributed by atoms with Gasteiger partial charge in [0.25, 0.3) is 0 Å². The van der Waals surface area contributed by atoms with Gasteiger partial charge in [-0.15, -0.1) is 0 Å². The number of hydrogen-bond acceptors (Lipinski definition) is 3. The zero-order chi connectivity index (χ0) is 15.8. The van der Waals surface area contributed by atoms with Gasteiger partial charge >= 0.3 is 0 Å². The fourth-order valence-electron chi connectivity index (χ4n) is 2.54. The van der Waals surface area contributed by atoms with Gasteiger partial charge in [-0.1, -0.05) is 44.8 Å². The fourth-order valence-corrected chi connectivity index (χ4v) is 4.13. The number of carbonyl (C=O) groups is 1. The summed E-state index contributed by atoms with van der Waals surface area (Å²) >= 11 is 0. The quantitative estimate of drug-likeness (QED) is 0.632. The van der Waals surface area contributed by atoms with E-state index in [-0.39, 0.29) is 11.3 Å². The van der Waals surface area contributed by atoms with E-state index in [1.807, 2.05) is 19.1 Å². The van der Waals surface area contributed by atoms with E-state index in [1.54, 1.807) is 0 Å². The standard InChI is InChI=1S/C17H25NO2Si/c1-7-13(19)12-9-8-10-14(21(4,5)6)15(12)16-18-17(2,3)11-20-16/h8-10H,7,11H2,1-6H3. The van der Waals surface area contributed by atoms with Gasteiger partial charge in [0.1, 0.15) is 6.61 Å². The van der Waals surface area contributed by atoms with Gasteiger partial charge in [0.15, 0.2) is 5.78 Å². The normalized spacial score (nSPS) is 17.3. The Morgan fingerprint density at radius 3 is 2.48 bits per heavy atom. The van der Waals surface area contributed by atoms with Crippen LogP contribution in [0.5, 0.6) is 0 Å². The molecular formula is C17H25NO2Si. The number of ether oxygens (including phenoxy) is 1. The molecule has 0 saturated heterocycles. The lowest BCUT2D eigenvalue weighted by atomic mass is 10.0. The Balaban J connectivity index is 2.68. The molecule has 0 atom stereocenters. The highest BCUT2D eigenvalue weighted by Crippen LogP contribution is 2.24. The van der Waals surface area contributed by atoms with Crippen molar-refractivity contribution < 1.29 is 9.53 Å². The molecule has 1 heterocycles. The number of aliphatic imine (C=N–C) groups is 1. The summed E-state index contributed by atoms with van der Waals surface area (Å²) in [5.41, 5.74) is 1.48. The Bertz CT molecular complexity index is 597. The van der Waals surface area contributed by atoms with Crippen LogP contribution in [0.2, 0.25) is 19.6 Å². The van der Waals surface area contributed by atoms with Crippen molar-refractivity contribution >= 4 is 24.9 Å². The fraction of sp³-hybridized carbons (Fsp3) is 0.529. The molecule has 4 heteroatoms. The highest BCUT2D eigenvalue weighted by Gasteiger charge is 2.33. The molecule has 1 aliphatic heterocycles. The van der Waals surface area contributed by atoms with Crippen LogP contribution < -0.4 is 5.19 Å². The van der Waals surface area contributed by atoms with Gasteiger partial charge in [-0.3, -0.25) is 4.79 Å². The van der Waals surface area contributed by atoms with Crippen LogP contribution in [0.25, 0.3) is 0 Å². The van der Waals surface area contributed by atoms with E-state index in [0.717, 1.165) is 11.1 Å². The van der Waals surface area contributed by atoms with Crippen molar-refractivity contribution in [2.45, 2.75) is 52.4 Å². The molecule has 1 aromatic rings. The van der Waals surface area contributed by atoms with E-state index < -0.39 is 8.07 Å². The molecule has 21 heavy (non-hydrogen) atoms. The zero-order valence-electron chi connectivity index (χ0n) is 13.9. The molecule has 3 nitrogen and oxygen atoms in total. The van der Waals surface area contributed by atoms with Crippen molar-refractivity contribution in [1.29, 1.82) is 0 Å². The van der Waals surface area contributed by atoms with Crippen molar-refractivity contribution in [3.8, 4) is 0 Å². The van der Waals surface area contributed by atoms with Crippen LogP contribution in [0, 0.1) is 0 Å². The van der Waals surface area contributed by atoms with Crippen LogP contribution in [0.3, 0.4) is 0 Å². The van der Waals surface area contributed by atoms with E-state index in [4.69, 9.17) is 9.73 Å². The number of carbonyl (C=O) groups excluding carboxylic acids is 1. The number of hydrogen-bond donors (Lipinski definition) is 0. The molecule has 0 unspecified atom stereocenters. The average Bonchev–Trinajstić information content (AvgIpc) is 2.76. The van der Waals surface area contributed by atoms with Crippen LogP contribution in [0.15, 0.2) is 23.2 Å². The maximum absolute atomic E-state index is 12.3. The lowest BCUT2D eigenvalue weighted by Crippen LogP contribution is -2.42. The molecule has 1 aromatic carbocycles. The van der Waals surface area contributed by atoms with Crippen molar-refractivity contribution in [3.63, 3.8) is 0 Å². The first-order valence-corrected chi connectivity index (χ1v) is 11.1. The minimum absolute atomic E-state index is 0.154. The first kappa shape index (κ1) is 16.0. The Kier molecular flexibility index (Phi) is 4.11. The third-order valence-corrected chi connectivity index (χ3v) is 5.71. The molecule has 114 valence electrons. The molecule has 0 fully saturated rings. The van der Waals surface area contributed by atoms with E-state index in [9.17, 15) is 4.79 Å². The van der Waals surface area contributed by atoms with Crippen LogP contribution in [0.4, 0.5) is 0 Å². The Hall–Kier alpha value is -1.42. The first-order chi connectivity index (χ1) is 9.65. The maximum Gasteiger partial charge on any atom is 0.217 e. The molecular weight excluding hydrogens is 278 g/mol. The van der Waals surface area contributed by atoms with Crippen LogP contribution in [-0.4, -0.2) is 31.9 Å². The van der Waals surface area contributed by atoms with Gasteiger partial charge < -0.3 is 4.74 Å². The topological polar surface area (TPSA) is 38.7 Å². The maximum atomic E-state index is 12.3. The second-order valence-corrected chi connectivity index (χ2v) is 12.3.